The lowest BCUT2D eigenvalue weighted by molar-refractivity contribution is -0.137. The molecule has 0 bridgehead atoms. The van der Waals surface area contributed by atoms with Crippen molar-refractivity contribution < 1.29 is 23.1 Å². The van der Waals surface area contributed by atoms with Crippen molar-refractivity contribution in [1.82, 2.24) is 0 Å². The molecule has 68 valence electrons. The molecule has 12 heavy (non-hydrogen) atoms. The first kappa shape index (κ1) is 10.8. The molecule has 0 aromatic carbocycles. The number of hydrogen-bond acceptors (Lipinski definition) is 5. The summed E-state index contributed by atoms with van der Waals surface area (Å²) in [5.74, 6) is -2.14. The van der Waals surface area contributed by atoms with E-state index in [0.29, 0.717) is 0 Å². The second-order valence-electron chi connectivity index (χ2n) is 2.17. The summed E-state index contributed by atoms with van der Waals surface area (Å²) >= 11 is 0. The molecule has 0 aliphatic heterocycles. The molecule has 1 N–H and O–H groups in total. The zero-order chi connectivity index (χ0) is 9.78. The highest BCUT2D eigenvalue weighted by atomic mass is 32.2. The minimum absolute atomic E-state index is 0.683. The number of aliphatic imine (C=N–C) groups is 1. The minimum atomic E-state index is -3.44. The number of sulfone groups is 1. The molecule has 0 saturated carbocycles. The maximum atomic E-state index is 10.6. The molecule has 0 spiro atoms. The molecule has 0 radical (unpaired) electrons. The molecular weight excluding hydrogens is 186 g/mol. The van der Waals surface area contributed by atoms with E-state index in [-0.39, 0.29) is 0 Å². The fourth-order valence-electron chi connectivity index (χ4n) is 0.514. The summed E-state index contributed by atoms with van der Waals surface area (Å²) in [6, 6.07) is -1.54. The fourth-order valence-corrected chi connectivity index (χ4v) is 1.30. The summed E-state index contributed by atoms with van der Waals surface area (Å²) in [7, 11) is -3.44. The van der Waals surface area contributed by atoms with E-state index in [0.717, 1.165) is 12.3 Å². The summed E-state index contributed by atoms with van der Waals surface area (Å²) in [6.07, 6.45) is 1.87. The molecular formula is C5H7NO5S. The van der Waals surface area contributed by atoms with Crippen molar-refractivity contribution >= 4 is 21.9 Å². The van der Waals surface area contributed by atoms with Crippen LogP contribution in [0.2, 0.25) is 0 Å². The van der Waals surface area contributed by atoms with Crippen LogP contribution in [0.25, 0.3) is 0 Å². The first-order valence-corrected chi connectivity index (χ1v) is 4.90. The van der Waals surface area contributed by atoms with Crippen LogP contribution in [-0.4, -0.2) is 43.6 Å². The van der Waals surface area contributed by atoms with Crippen LogP contribution in [0.15, 0.2) is 4.99 Å². The molecule has 0 aromatic heterocycles. The second kappa shape index (κ2) is 3.99. The molecule has 0 saturated heterocycles. The van der Waals surface area contributed by atoms with Gasteiger partial charge in [-0.05, 0) is 0 Å². The van der Waals surface area contributed by atoms with Crippen LogP contribution in [-0.2, 0) is 19.4 Å². The van der Waals surface area contributed by atoms with Gasteiger partial charge in [-0.15, -0.1) is 0 Å². The van der Waals surface area contributed by atoms with Gasteiger partial charge in [-0.1, -0.05) is 0 Å². The van der Waals surface area contributed by atoms with E-state index in [4.69, 9.17) is 5.11 Å². The predicted molar refractivity (Wildman–Crippen MR) is 39.3 cm³/mol. The number of carboxylic acids is 1. The summed E-state index contributed by atoms with van der Waals surface area (Å²) in [6.45, 7) is 0. The smallest absolute Gasteiger partial charge is 0.330 e. The largest absolute Gasteiger partial charge is 0.480 e. The molecule has 7 heteroatoms. The Morgan fingerprint density at radius 1 is 1.67 bits per heavy atom. The molecule has 0 rings (SSSR count). The normalized spacial score (nSPS) is 13.1. The maximum absolute atomic E-state index is 10.6. The van der Waals surface area contributed by atoms with Gasteiger partial charge in [0.2, 0.25) is 6.08 Å². The minimum Gasteiger partial charge on any atom is -0.480 e. The van der Waals surface area contributed by atoms with Gasteiger partial charge in [-0.3, -0.25) is 0 Å². The maximum Gasteiger partial charge on any atom is 0.330 e. The van der Waals surface area contributed by atoms with Gasteiger partial charge >= 0.3 is 5.97 Å². The van der Waals surface area contributed by atoms with Crippen molar-refractivity contribution in [3.05, 3.63) is 0 Å². The number of hydrogen-bond donors (Lipinski definition) is 1. The molecule has 0 fully saturated rings. The third-order valence-corrected chi connectivity index (χ3v) is 1.88. The Balaban J connectivity index is 4.56. The lowest BCUT2D eigenvalue weighted by atomic mass is 10.4. The lowest BCUT2D eigenvalue weighted by Gasteiger charge is -2.01. The van der Waals surface area contributed by atoms with Crippen LogP contribution in [0.3, 0.4) is 0 Å². The highest BCUT2D eigenvalue weighted by Crippen LogP contribution is 1.95. The summed E-state index contributed by atoms with van der Waals surface area (Å²) in [4.78, 5) is 22.7. The summed E-state index contributed by atoms with van der Waals surface area (Å²) in [5, 5.41) is 8.33. The van der Waals surface area contributed by atoms with E-state index in [9.17, 15) is 18.0 Å². The lowest BCUT2D eigenvalue weighted by Crippen LogP contribution is -2.26. The van der Waals surface area contributed by atoms with E-state index in [2.05, 4.69) is 4.99 Å². The number of carboxylic acid groups (broad SMARTS) is 1. The van der Waals surface area contributed by atoms with Gasteiger partial charge in [0.05, 0.1) is 5.75 Å². The quantitative estimate of drug-likeness (QED) is 0.447. The molecule has 0 heterocycles. The molecule has 1 atom stereocenters. The van der Waals surface area contributed by atoms with Crippen molar-refractivity contribution in [2.24, 2.45) is 4.99 Å². The Kier molecular flexibility index (Phi) is 3.59. The van der Waals surface area contributed by atoms with Crippen molar-refractivity contribution in [3.63, 3.8) is 0 Å². The van der Waals surface area contributed by atoms with E-state index in [1.54, 1.807) is 0 Å². The number of aliphatic carboxylic acids is 1. The topological polar surface area (TPSA) is 101 Å². The van der Waals surface area contributed by atoms with Gasteiger partial charge in [0.15, 0.2) is 6.04 Å². The van der Waals surface area contributed by atoms with E-state index in [1.165, 1.54) is 0 Å². The highest BCUT2D eigenvalue weighted by molar-refractivity contribution is 7.90. The molecule has 0 unspecified atom stereocenters. The average Bonchev–Trinajstić information content (AvgIpc) is 1.83. The number of rotatable bonds is 4. The Labute approximate surface area is 68.8 Å². The monoisotopic (exact) mass is 193 g/mol. The molecule has 0 aromatic rings. The van der Waals surface area contributed by atoms with E-state index in [1.807, 2.05) is 0 Å². The first-order chi connectivity index (χ1) is 5.37. The predicted octanol–water partition coefficient (Wildman–Crippen LogP) is -1.18. The fraction of sp³-hybridized carbons (Fsp3) is 0.600. The second-order valence-corrected chi connectivity index (χ2v) is 4.35. The van der Waals surface area contributed by atoms with Crippen LogP contribution < -0.4 is 0 Å². The SMILES string of the molecule is CS(=O)(=O)C[C@H](N=C=O)C(=O)O. The number of nitrogens with zero attached hydrogens (tertiary/aromatic N) is 1. The number of carbonyl (C=O) groups is 1. The van der Waals surface area contributed by atoms with Crippen LogP contribution >= 0.6 is 0 Å². The average molecular weight is 193 g/mol. The van der Waals surface area contributed by atoms with Crippen molar-refractivity contribution in [2.75, 3.05) is 12.0 Å². The van der Waals surface area contributed by atoms with Gasteiger partial charge in [0.1, 0.15) is 9.84 Å². The van der Waals surface area contributed by atoms with Gasteiger partial charge in [0.25, 0.3) is 0 Å². The van der Waals surface area contributed by atoms with E-state index >= 15 is 0 Å². The Morgan fingerprint density at radius 2 is 2.17 bits per heavy atom. The summed E-state index contributed by atoms with van der Waals surface area (Å²) in [5.41, 5.74) is 0. The molecule has 0 aliphatic carbocycles. The third kappa shape index (κ3) is 4.59. The van der Waals surface area contributed by atoms with Crippen molar-refractivity contribution in [1.29, 1.82) is 0 Å². The zero-order valence-electron chi connectivity index (χ0n) is 6.22. The number of carbonyl (C=O) groups excluding carboxylic acids is 1. The van der Waals surface area contributed by atoms with Crippen LogP contribution in [0.4, 0.5) is 0 Å². The van der Waals surface area contributed by atoms with Crippen molar-refractivity contribution in [2.45, 2.75) is 6.04 Å². The Hall–Kier alpha value is -1.20. The standard InChI is InChI=1S/C5H7NO5S/c1-12(10,11)2-4(5(8)9)6-3-7/h4H,2H2,1H3,(H,8,9)/t4-/m0/s1. The molecule has 0 amide bonds. The molecule has 6 nitrogen and oxygen atoms in total. The van der Waals surface area contributed by atoms with Gasteiger partial charge < -0.3 is 5.11 Å². The Morgan fingerprint density at radius 3 is 2.42 bits per heavy atom. The van der Waals surface area contributed by atoms with Gasteiger partial charge in [0, 0.05) is 6.26 Å². The van der Waals surface area contributed by atoms with Gasteiger partial charge in [-0.25, -0.2) is 18.0 Å². The molecule has 0 aliphatic rings. The Bertz CT molecular complexity index is 311. The van der Waals surface area contributed by atoms with Crippen LogP contribution in [0.5, 0.6) is 0 Å². The van der Waals surface area contributed by atoms with Crippen LogP contribution in [0, 0.1) is 0 Å². The summed E-state index contributed by atoms with van der Waals surface area (Å²) < 4.78 is 21.1. The van der Waals surface area contributed by atoms with Crippen LogP contribution in [0.1, 0.15) is 0 Å². The third-order valence-electron chi connectivity index (χ3n) is 0.954. The first-order valence-electron chi connectivity index (χ1n) is 2.84. The van der Waals surface area contributed by atoms with Gasteiger partial charge in [-0.2, -0.15) is 4.99 Å². The van der Waals surface area contributed by atoms with E-state index < -0.39 is 27.6 Å². The highest BCUT2D eigenvalue weighted by Gasteiger charge is 2.21. The van der Waals surface area contributed by atoms with Crippen molar-refractivity contribution in [3.8, 4) is 0 Å². The number of isocyanates is 1. The zero-order valence-corrected chi connectivity index (χ0v) is 7.04.